The van der Waals surface area contributed by atoms with Crippen LogP contribution in [-0.4, -0.2) is 15.4 Å². The van der Waals surface area contributed by atoms with Gasteiger partial charge in [0.05, 0.1) is 11.1 Å². The lowest BCUT2D eigenvalue weighted by molar-refractivity contribution is 0.104. The molecule has 3 heteroatoms. The highest BCUT2D eigenvalue weighted by atomic mass is 16.1. The van der Waals surface area contributed by atoms with Crippen molar-refractivity contribution in [2.45, 2.75) is 6.92 Å². The topological polar surface area (TPSA) is 34.4 Å². The monoisotopic (exact) mass is 312 g/mol. The number of ketones is 1. The van der Waals surface area contributed by atoms with Crippen molar-refractivity contribution < 1.29 is 4.79 Å². The van der Waals surface area contributed by atoms with Gasteiger partial charge in [-0.2, -0.15) is 5.10 Å². The number of nitrogens with zero attached hydrogens (tertiary/aromatic N) is 2. The second-order valence-corrected chi connectivity index (χ2v) is 5.75. The largest absolute Gasteiger partial charge is 0.288 e. The predicted octanol–water partition coefficient (Wildman–Crippen LogP) is 4.54. The van der Waals surface area contributed by atoms with Crippen LogP contribution in [-0.2, 0) is 0 Å². The lowest BCUT2D eigenvalue weighted by atomic mass is 9.98. The van der Waals surface area contributed by atoms with Gasteiger partial charge in [-0.25, -0.2) is 4.52 Å². The van der Waals surface area contributed by atoms with E-state index in [-0.39, 0.29) is 5.78 Å². The Labute approximate surface area is 140 Å². The van der Waals surface area contributed by atoms with Gasteiger partial charge in [0.15, 0.2) is 5.78 Å². The van der Waals surface area contributed by atoms with E-state index in [4.69, 9.17) is 5.10 Å². The molecule has 0 bridgehead atoms. The van der Waals surface area contributed by atoms with Crippen LogP contribution in [0.1, 0.15) is 21.6 Å². The molecule has 0 saturated carbocycles. The minimum atomic E-state index is -0.00458. The Morgan fingerprint density at radius 3 is 2.21 bits per heavy atom. The van der Waals surface area contributed by atoms with Gasteiger partial charge in [0.1, 0.15) is 5.69 Å². The number of benzene rings is 2. The smallest absolute Gasteiger partial charge is 0.197 e. The molecule has 4 rings (SSSR count). The van der Waals surface area contributed by atoms with Crippen LogP contribution in [0.3, 0.4) is 0 Å². The second-order valence-electron chi connectivity index (χ2n) is 5.75. The summed E-state index contributed by atoms with van der Waals surface area (Å²) < 4.78 is 1.85. The maximum Gasteiger partial charge on any atom is 0.197 e. The number of carbonyl (C=O) groups excluding carboxylic acids is 1. The lowest BCUT2D eigenvalue weighted by Gasteiger charge is -2.03. The van der Waals surface area contributed by atoms with Crippen LogP contribution in [0.5, 0.6) is 0 Å². The Balaban J connectivity index is 2.02. The number of fused-ring (bicyclic) bond motifs is 1. The van der Waals surface area contributed by atoms with Gasteiger partial charge in [0.2, 0.25) is 0 Å². The first kappa shape index (κ1) is 14.4. The highest BCUT2D eigenvalue weighted by molar-refractivity contribution is 6.16. The van der Waals surface area contributed by atoms with E-state index in [0.29, 0.717) is 11.1 Å². The summed E-state index contributed by atoms with van der Waals surface area (Å²) in [5.41, 5.74) is 4.82. The van der Waals surface area contributed by atoms with Crippen molar-refractivity contribution in [3.63, 3.8) is 0 Å². The van der Waals surface area contributed by atoms with E-state index in [1.54, 1.807) is 0 Å². The van der Waals surface area contributed by atoms with E-state index in [1.165, 1.54) is 0 Å². The van der Waals surface area contributed by atoms with Crippen molar-refractivity contribution in [2.24, 2.45) is 0 Å². The van der Waals surface area contributed by atoms with Gasteiger partial charge >= 0.3 is 0 Å². The van der Waals surface area contributed by atoms with E-state index in [2.05, 4.69) is 0 Å². The van der Waals surface area contributed by atoms with E-state index in [9.17, 15) is 4.79 Å². The van der Waals surface area contributed by atoms with E-state index >= 15 is 0 Å². The van der Waals surface area contributed by atoms with Gasteiger partial charge in [0.25, 0.3) is 0 Å². The Kier molecular flexibility index (Phi) is 3.47. The Morgan fingerprint density at radius 2 is 1.50 bits per heavy atom. The molecule has 0 radical (unpaired) electrons. The first-order valence-electron chi connectivity index (χ1n) is 7.89. The predicted molar refractivity (Wildman–Crippen MR) is 95.2 cm³/mol. The Hall–Kier alpha value is -3.20. The molecular weight excluding hydrogens is 296 g/mol. The van der Waals surface area contributed by atoms with Crippen molar-refractivity contribution in [1.82, 2.24) is 9.61 Å². The summed E-state index contributed by atoms with van der Waals surface area (Å²) in [6.07, 6.45) is 0. The molecule has 4 aromatic rings. The van der Waals surface area contributed by atoms with Crippen LogP contribution in [0.15, 0.2) is 78.9 Å². The fraction of sp³-hybridized carbons (Fsp3) is 0.0476. The maximum atomic E-state index is 13.2. The fourth-order valence-electron chi connectivity index (χ4n) is 2.96. The minimum Gasteiger partial charge on any atom is -0.288 e. The molecule has 2 aromatic carbocycles. The highest BCUT2D eigenvalue weighted by Gasteiger charge is 2.22. The summed E-state index contributed by atoms with van der Waals surface area (Å²) in [7, 11) is 0. The van der Waals surface area contributed by atoms with Crippen molar-refractivity contribution in [1.29, 1.82) is 0 Å². The van der Waals surface area contributed by atoms with Crippen molar-refractivity contribution in [2.75, 3.05) is 0 Å². The molecule has 0 fully saturated rings. The van der Waals surface area contributed by atoms with Gasteiger partial charge in [-0.15, -0.1) is 0 Å². The highest BCUT2D eigenvalue weighted by Crippen LogP contribution is 2.29. The molecular formula is C21H16N2O. The first-order chi connectivity index (χ1) is 11.8. The number of hydrogen-bond donors (Lipinski definition) is 0. The molecule has 24 heavy (non-hydrogen) atoms. The number of aryl methyl sites for hydroxylation is 1. The number of pyridine rings is 1. The SMILES string of the molecule is Cc1cccc2c(C(=O)c3ccccc3)c(-c3ccccc3)nn12. The third-order valence-electron chi connectivity index (χ3n) is 4.16. The summed E-state index contributed by atoms with van der Waals surface area (Å²) in [6.45, 7) is 1.99. The summed E-state index contributed by atoms with van der Waals surface area (Å²) >= 11 is 0. The number of carbonyl (C=O) groups is 1. The second kappa shape index (κ2) is 5.78. The molecule has 3 nitrogen and oxygen atoms in total. The van der Waals surface area contributed by atoms with Gasteiger partial charge in [-0.05, 0) is 19.1 Å². The average Bonchev–Trinajstić information content (AvgIpc) is 3.03. The number of rotatable bonds is 3. The van der Waals surface area contributed by atoms with Crippen molar-refractivity contribution in [3.8, 4) is 11.3 Å². The molecule has 0 unspecified atom stereocenters. The van der Waals surface area contributed by atoms with Crippen LogP contribution in [0.2, 0.25) is 0 Å². The third kappa shape index (κ3) is 2.31. The zero-order valence-corrected chi connectivity index (χ0v) is 13.3. The molecule has 0 aliphatic carbocycles. The molecule has 2 aromatic heterocycles. The molecule has 116 valence electrons. The number of hydrogen-bond acceptors (Lipinski definition) is 2. The molecule has 0 aliphatic heterocycles. The fourth-order valence-corrected chi connectivity index (χ4v) is 2.96. The standard InChI is InChI=1S/C21H16N2O/c1-15-9-8-14-18-19(21(24)17-12-6-3-7-13-17)20(22-23(15)18)16-10-4-2-5-11-16/h2-14H,1H3. The van der Waals surface area contributed by atoms with Crippen LogP contribution in [0.25, 0.3) is 16.8 Å². The quantitative estimate of drug-likeness (QED) is 0.520. The summed E-state index contributed by atoms with van der Waals surface area (Å²) in [6, 6.07) is 25.1. The van der Waals surface area contributed by atoms with E-state index in [0.717, 1.165) is 22.5 Å². The lowest BCUT2D eigenvalue weighted by Crippen LogP contribution is -2.02. The Morgan fingerprint density at radius 1 is 0.833 bits per heavy atom. The average molecular weight is 312 g/mol. The first-order valence-corrected chi connectivity index (χ1v) is 7.89. The van der Waals surface area contributed by atoms with Gasteiger partial charge in [0, 0.05) is 16.8 Å². The number of aromatic nitrogens is 2. The summed E-state index contributed by atoms with van der Waals surface area (Å²) in [5, 5.41) is 4.72. The molecule has 0 atom stereocenters. The normalized spacial score (nSPS) is 10.9. The minimum absolute atomic E-state index is 0.00458. The van der Waals surface area contributed by atoms with Gasteiger partial charge < -0.3 is 0 Å². The van der Waals surface area contributed by atoms with E-state index in [1.807, 2.05) is 90.3 Å². The zero-order valence-electron chi connectivity index (χ0n) is 13.3. The van der Waals surface area contributed by atoms with Crippen molar-refractivity contribution >= 4 is 11.3 Å². The Bertz CT molecular complexity index is 1020. The van der Waals surface area contributed by atoms with Crippen LogP contribution < -0.4 is 0 Å². The molecule has 0 amide bonds. The van der Waals surface area contributed by atoms with Gasteiger partial charge in [-0.3, -0.25) is 4.79 Å². The maximum absolute atomic E-state index is 13.2. The van der Waals surface area contributed by atoms with Crippen LogP contribution >= 0.6 is 0 Å². The molecule has 0 aliphatic rings. The van der Waals surface area contributed by atoms with Crippen molar-refractivity contribution in [3.05, 3.63) is 95.7 Å². The zero-order chi connectivity index (χ0) is 16.5. The summed E-state index contributed by atoms with van der Waals surface area (Å²) in [5.74, 6) is -0.00458. The molecule has 2 heterocycles. The molecule has 0 spiro atoms. The molecule has 0 saturated heterocycles. The molecule has 0 N–H and O–H groups in total. The summed E-state index contributed by atoms with van der Waals surface area (Å²) in [4.78, 5) is 13.2. The van der Waals surface area contributed by atoms with Crippen LogP contribution in [0.4, 0.5) is 0 Å². The van der Waals surface area contributed by atoms with Crippen LogP contribution in [0, 0.1) is 6.92 Å². The van der Waals surface area contributed by atoms with Gasteiger partial charge in [-0.1, -0.05) is 66.7 Å². The van der Waals surface area contributed by atoms with E-state index < -0.39 is 0 Å². The third-order valence-corrected chi connectivity index (χ3v) is 4.16.